The van der Waals surface area contributed by atoms with E-state index in [1.54, 1.807) is 19.2 Å². The molecular weight excluding hydrogens is 301 g/mol. The lowest BCUT2D eigenvalue weighted by Crippen LogP contribution is -2.34. The van der Waals surface area contributed by atoms with E-state index in [0.717, 1.165) is 0 Å². The number of carbonyl (C=O) groups is 2. The highest BCUT2D eigenvalue weighted by Crippen LogP contribution is 2.17. The van der Waals surface area contributed by atoms with E-state index in [0.29, 0.717) is 5.69 Å². The van der Waals surface area contributed by atoms with Crippen molar-refractivity contribution in [1.82, 2.24) is 15.4 Å². The number of hydrogen-bond acceptors (Lipinski definition) is 4. The van der Waals surface area contributed by atoms with E-state index in [4.69, 9.17) is 4.52 Å². The number of carbonyl (C=O) groups excluding carboxylic acids is 2. The van der Waals surface area contributed by atoms with Crippen molar-refractivity contribution >= 4 is 11.8 Å². The molecule has 23 heavy (non-hydrogen) atoms. The number of rotatable bonds is 6. The van der Waals surface area contributed by atoms with Gasteiger partial charge in [0.1, 0.15) is 17.8 Å². The van der Waals surface area contributed by atoms with Crippen LogP contribution in [0.1, 0.15) is 35.4 Å². The first-order chi connectivity index (χ1) is 11.0. The molecule has 0 spiro atoms. The highest BCUT2D eigenvalue weighted by atomic mass is 19.1. The van der Waals surface area contributed by atoms with Gasteiger partial charge in [0, 0.05) is 26.1 Å². The summed E-state index contributed by atoms with van der Waals surface area (Å²) in [5.74, 6) is -1.29. The predicted molar refractivity (Wildman–Crippen MR) is 81.0 cm³/mol. The molecule has 7 heteroatoms. The Morgan fingerprint density at radius 1 is 1.35 bits per heavy atom. The lowest BCUT2D eigenvalue weighted by molar-refractivity contribution is -0.131. The summed E-state index contributed by atoms with van der Waals surface area (Å²) in [6.45, 7) is 1.95. The molecule has 1 atom stereocenters. The minimum absolute atomic E-state index is 0.0377. The first kappa shape index (κ1) is 16.7. The average molecular weight is 319 g/mol. The molecule has 0 aliphatic heterocycles. The van der Waals surface area contributed by atoms with Gasteiger partial charge in [-0.15, -0.1) is 0 Å². The van der Waals surface area contributed by atoms with Crippen molar-refractivity contribution in [3.63, 3.8) is 0 Å². The molecule has 1 aromatic carbocycles. The fraction of sp³-hybridized carbons (Fsp3) is 0.312. The smallest absolute Gasteiger partial charge is 0.254 e. The molecule has 0 fully saturated rings. The molecule has 0 radical (unpaired) electrons. The van der Waals surface area contributed by atoms with E-state index >= 15 is 0 Å². The maximum atomic E-state index is 13.5. The SMILES string of the molecule is CC(c1ccon1)N(C)C(=O)CCNC(=O)c1ccccc1F. The third kappa shape index (κ3) is 4.15. The predicted octanol–water partition coefficient (Wildman–Crippen LogP) is 2.15. The van der Waals surface area contributed by atoms with Gasteiger partial charge in [-0.2, -0.15) is 0 Å². The van der Waals surface area contributed by atoms with Crippen LogP contribution in [0.4, 0.5) is 4.39 Å². The Kier molecular flexibility index (Phi) is 5.46. The summed E-state index contributed by atoms with van der Waals surface area (Å²) in [6.07, 6.45) is 1.55. The standard InChI is InChI=1S/C16H18FN3O3/c1-11(14-8-10-23-19-14)20(2)15(21)7-9-18-16(22)12-5-3-4-6-13(12)17/h3-6,8,10-11H,7,9H2,1-2H3,(H,18,22). The van der Waals surface area contributed by atoms with Crippen LogP contribution in [0.25, 0.3) is 0 Å². The van der Waals surface area contributed by atoms with Crippen LogP contribution in [-0.4, -0.2) is 35.5 Å². The van der Waals surface area contributed by atoms with Crippen LogP contribution in [0.5, 0.6) is 0 Å². The Morgan fingerprint density at radius 2 is 2.09 bits per heavy atom. The molecule has 2 aromatic rings. The second-order valence-electron chi connectivity index (χ2n) is 5.09. The second-order valence-corrected chi connectivity index (χ2v) is 5.09. The van der Waals surface area contributed by atoms with Crippen molar-refractivity contribution in [2.75, 3.05) is 13.6 Å². The minimum atomic E-state index is -0.590. The van der Waals surface area contributed by atoms with Crippen molar-refractivity contribution in [3.8, 4) is 0 Å². The van der Waals surface area contributed by atoms with E-state index in [1.807, 2.05) is 6.92 Å². The van der Waals surface area contributed by atoms with Gasteiger partial charge in [-0.3, -0.25) is 9.59 Å². The van der Waals surface area contributed by atoms with Crippen molar-refractivity contribution in [1.29, 1.82) is 0 Å². The van der Waals surface area contributed by atoms with Crippen molar-refractivity contribution in [2.24, 2.45) is 0 Å². The number of nitrogens with zero attached hydrogens (tertiary/aromatic N) is 2. The molecule has 1 unspecified atom stereocenters. The fourth-order valence-corrected chi connectivity index (χ4v) is 2.05. The monoisotopic (exact) mass is 319 g/mol. The van der Waals surface area contributed by atoms with Gasteiger partial charge in [0.25, 0.3) is 5.91 Å². The van der Waals surface area contributed by atoms with E-state index in [2.05, 4.69) is 10.5 Å². The molecule has 0 saturated carbocycles. The maximum absolute atomic E-state index is 13.5. The average Bonchev–Trinajstić information content (AvgIpc) is 3.08. The zero-order valence-electron chi connectivity index (χ0n) is 13.0. The normalized spacial score (nSPS) is 11.8. The highest BCUT2D eigenvalue weighted by molar-refractivity contribution is 5.94. The number of hydrogen-bond donors (Lipinski definition) is 1. The maximum Gasteiger partial charge on any atom is 0.254 e. The Labute approximate surface area is 133 Å². The van der Waals surface area contributed by atoms with Gasteiger partial charge in [0.2, 0.25) is 5.91 Å². The summed E-state index contributed by atoms with van der Waals surface area (Å²) < 4.78 is 18.2. The quantitative estimate of drug-likeness (QED) is 0.885. The largest absolute Gasteiger partial charge is 0.364 e. The minimum Gasteiger partial charge on any atom is -0.364 e. The third-order valence-electron chi connectivity index (χ3n) is 3.60. The number of amides is 2. The highest BCUT2D eigenvalue weighted by Gasteiger charge is 2.19. The molecule has 0 bridgehead atoms. The first-order valence-electron chi connectivity index (χ1n) is 7.19. The zero-order chi connectivity index (χ0) is 16.8. The van der Waals surface area contributed by atoms with E-state index in [-0.39, 0.29) is 30.5 Å². The van der Waals surface area contributed by atoms with Crippen LogP contribution in [0.2, 0.25) is 0 Å². The topological polar surface area (TPSA) is 75.4 Å². The number of halogens is 1. The van der Waals surface area contributed by atoms with Crippen molar-refractivity contribution in [3.05, 3.63) is 53.7 Å². The lowest BCUT2D eigenvalue weighted by atomic mass is 10.2. The van der Waals surface area contributed by atoms with Crippen LogP contribution in [0, 0.1) is 5.82 Å². The Hall–Kier alpha value is -2.70. The van der Waals surface area contributed by atoms with Crippen LogP contribution in [0.15, 0.2) is 41.1 Å². The Balaban J connectivity index is 1.83. The summed E-state index contributed by atoms with van der Waals surface area (Å²) in [5.41, 5.74) is 0.612. The molecule has 1 N–H and O–H groups in total. The Morgan fingerprint density at radius 3 is 2.74 bits per heavy atom. The molecule has 0 aliphatic carbocycles. The molecule has 2 rings (SSSR count). The van der Waals surface area contributed by atoms with Crippen molar-refractivity contribution < 1.29 is 18.5 Å². The van der Waals surface area contributed by atoms with Gasteiger partial charge in [-0.25, -0.2) is 4.39 Å². The van der Waals surface area contributed by atoms with Gasteiger partial charge >= 0.3 is 0 Å². The van der Waals surface area contributed by atoms with Crippen LogP contribution < -0.4 is 5.32 Å². The van der Waals surface area contributed by atoms with E-state index < -0.39 is 11.7 Å². The molecule has 2 amide bonds. The summed E-state index contributed by atoms with van der Waals surface area (Å²) >= 11 is 0. The van der Waals surface area contributed by atoms with E-state index in [1.165, 1.54) is 29.4 Å². The molecule has 1 heterocycles. The third-order valence-corrected chi connectivity index (χ3v) is 3.60. The van der Waals surface area contributed by atoms with Gasteiger partial charge in [0.05, 0.1) is 11.6 Å². The number of nitrogens with one attached hydrogen (secondary N) is 1. The van der Waals surface area contributed by atoms with Crippen LogP contribution >= 0.6 is 0 Å². The van der Waals surface area contributed by atoms with Gasteiger partial charge in [-0.1, -0.05) is 17.3 Å². The molecule has 0 aliphatic rings. The molecule has 0 saturated heterocycles. The summed E-state index contributed by atoms with van der Waals surface area (Å²) in [7, 11) is 1.65. The molecular formula is C16H18FN3O3. The Bertz CT molecular complexity index is 673. The molecule has 6 nitrogen and oxygen atoms in total. The summed E-state index contributed by atoms with van der Waals surface area (Å²) in [5, 5.41) is 6.34. The number of benzene rings is 1. The second kappa shape index (κ2) is 7.53. The number of aromatic nitrogens is 1. The lowest BCUT2D eigenvalue weighted by Gasteiger charge is -2.23. The molecule has 1 aromatic heterocycles. The summed E-state index contributed by atoms with van der Waals surface area (Å²) in [4.78, 5) is 25.5. The van der Waals surface area contributed by atoms with Gasteiger partial charge < -0.3 is 14.7 Å². The molecule has 122 valence electrons. The van der Waals surface area contributed by atoms with Crippen molar-refractivity contribution in [2.45, 2.75) is 19.4 Å². The van der Waals surface area contributed by atoms with E-state index in [9.17, 15) is 14.0 Å². The fourth-order valence-electron chi connectivity index (χ4n) is 2.05. The first-order valence-corrected chi connectivity index (χ1v) is 7.19. The van der Waals surface area contributed by atoms with Crippen LogP contribution in [0.3, 0.4) is 0 Å². The zero-order valence-corrected chi connectivity index (χ0v) is 13.0. The summed E-state index contributed by atoms with van der Waals surface area (Å²) in [6, 6.07) is 7.16. The van der Waals surface area contributed by atoms with Gasteiger partial charge in [0.15, 0.2) is 0 Å². The van der Waals surface area contributed by atoms with Crippen LogP contribution in [-0.2, 0) is 4.79 Å². The van der Waals surface area contributed by atoms with Gasteiger partial charge in [-0.05, 0) is 19.1 Å².